The molecule has 0 amide bonds. The van der Waals surface area contributed by atoms with Gasteiger partial charge < -0.3 is 20.1 Å². The first-order chi connectivity index (χ1) is 16.5. The highest BCUT2D eigenvalue weighted by atomic mass is 16.5. The molecule has 0 bridgehead atoms. The minimum atomic E-state index is -0.882. The number of esters is 1. The molecule has 2 aliphatic rings. The van der Waals surface area contributed by atoms with Crippen LogP contribution in [-0.2, 0) is 14.3 Å². The summed E-state index contributed by atoms with van der Waals surface area (Å²) in [5.74, 6) is -1.77. The first-order valence-corrected chi connectivity index (χ1v) is 13.1. The van der Waals surface area contributed by atoms with Gasteiger partial charge in [0.05, 0.1) is 36.2 Å². The summed E-state index contributed by atoms with van der Waals surface area (Å²) in [6.45, 7) is 8.16. The van der Waals surface area contributed by atoms with Gasteiger partial charge in [-0.15, -0.1) is 0 Å². The second-order valence-corrected chi connectivity index (χ2v) is 11.1. The van der Waals surface area contributed by atoms with E-state index in [2.05, 4.69) is 19.9 Å². The molecule has 1 aliphatic heterocycles. The minimum absolute atomic E-state index is 0.0816. The monoisotopic (exact) mass is 489 g/mol. The highest BCUT2D eigenvalue weighted by Crippen LogP contribution is 2.37. The molecule has 1 saturated carbocycles. The number of aliphatic hydroxyl groups is 2. The van der Waals surface area contributed by atoms with E-state index in [1.807, 2.05) is 13.8 Å². The average Bonchev–Trinajstić information content (AvgIpc) is 3.27. The van der Waals surface area contributed by atoms with Crippen LogP contribution in [0, 0.1) is 46.8 Å². The molecule has 1 fully saturated rings. The number of hydrogen-bond acceptors (Lipinski definition) is 6. The Morgan fingerprint density at radius 1 is 1.06 bits per heavy atom. The maximum absolute atomic E-state index is 12.7. The number of aliphatic hydroxyl groups excluding tert-OH is 2. The molecule has 2 rings (SSSR count). The smallest absolute Gasteiger partial charge is 0.308 e. The lowest BCUT2D eigenvalue weighted by molar-refractivity contribution is -0.159. The van der Waals surface area contributed by atoms with Gasteiger partial charge in [0.2, 0.25) is 0 Å². The van der Waals surface area contributed by atoms with Crippen molar-refractivity contribution >= 4 is 11.9 Å². The van der Waals surface area contributed by atoms with E-state index < -0.39 is 36.2 Å². The summed E-state index contributed by atoms with van der Waals surface area (Å²) >= 11 is 0. The van der Waals surface area contributed by atoms with E-state index >= 15 is 0 Å². The first-order valence-electron chi connectivity index (χ1n) is 13.1. The van der Waals surface area contributed by atoms with Gasteiger partial charge in [-0.2, -0.15) is 5.26 Å². The number of carboxylic acid groups (broad SMARTS) is 1. The average molecular weight is 490 g/mol. The molecule has 0 aromatic rings. The predicted molar refractivity (Wildman–Crippen MR) is 133 cm³/mol. The van der Waals surface area contributed by atoms with Crippen LogP contribution >= 0.6 is 0 Å². The van der Waals surface area contributed by atoms with E-state index in [0.717, 1.165) is 25.7 Å². The lowest BCUT2D eigenvalue weighted by atomic mass is 9.82. The van der Waals surface area contributed by atoms with Crippen molar-refractivity contribution in [3.05, 3.63) is 23.8 Å². The fourth-order valence-corrected chi connectivity index (χ4v) is 5.97. The van der Waals surface area contributed by atoms with Gasteiger partial charge in [0.25, 0.3) is 0 Å². The number of rotatable bonds is 2. The number of nitrogens with zero attached hydrogens (tertiary/aromatic N) is 1. The van der Waals surface area contributed by atoms with Crippen LogP contribution in [-0.4, -0.2) is 45.6 Å². The zero-order valence-electron chi connectivity index (χ0n) is 21.6. The lowest BCUT2D eigenvalue weighted by Gasteiger charge is -2.28. The van der Waals surface area contributed by atoms with E-state index in [0.29, 0.717) is 31.1 Å². The Morgan fingerprint density at radius 3 is 2.34 bits per heavy atom. The van der Waals surface area contributed by atoms with Crippen LogP contribution in [0.3, 0.4) is 0 Å². The van der Waals surface area contributed by atoms with Crippen molar-refractivity contribution in [3.8, 4) is 6.07 Å². The number of allylic oxidation sites excluding steroid dienone is 2. The Bertz CT molecular complexity index is 815. The van der Waals surface area contributed by atoms with Gasteiger partial charge in [-0.25, -0.2) is 0 Å². The van der Waals surface area contributed by atoms with Crippen LogP contribution in [0.15, 0.2) is 23.8 Å². The van der Waals surface area contributed by atoms with E-state index in [1.54, 1.807) is 18.2 Å². The molecule has 7 nitrogen and oxygen atoms in total. The lowest BCUT2D eigenvalue weighted by Crippen LogP contribution is -2.34. The molecule has 1 heterocycles. The zero-order valence-corrected chi connectivity index (χ0v) is 21.6. The molecule has 35 heavy (non-hydrogen) atoms. The molecule has 0 aromatic heterocycles. The Balaban J connectivity index is 2.30. The van der Waals surface area contributed by atoms with Crippen molar-refractivity contribution in [1.82, 2.24) is 0 Å². The van der Waals surface area contributed by atoms with Crippen molar-refractivity contribution < 1.29 is 29.6 Å². The molecule has 0 spiro atoms. The van der Waals surface area contributed by atoms with Gasteiger partial charge in [-0.1, -0.05) is 46.3 Å². The molecule has 0 radical (unpaired) electrons. The second-order valence-electron chi connectivity index (χ2n) is 11.1. The summed E-state index contributed by atoms with van der Waals surface area (Å²) in [4.78, 5) is 24.5. The van der Waals surface area contributed by atoms with Gasteiger partial charge in [-0.05, 0) is 61.9 Å². The summed E-state index contributed by atoms with van der Waals surface area (Å²) < 4.78 is 5.77. The van der Waals surface area contributed by atoms with Gasteiger partial charge in [0, 0.05) is 12.3 Å². The molecule has 3 N–H and O–H groups in total. The number of carboxylic acids is 1. The van der Waals surface area contributed by atoms with Crippen LogP contribution in [0.2, 0.25) is 0 Å². The first kappa shape index (κ1) is 29.1. The van der Waals surface area contributed by atoms with Gasteiger partial charge in [0.1, 0.15) is 6.10 Å². The predicted octanol–water partition coefficient (Wildman–Crippen LogP) is 4.64. The minimum Gasteiger partial charge on any atom is -0.481 e. The number of aliphatic carboxylic acids is 1. The van der Waals surface area contributed by atoms with Crippen molar-refractivity contribution in [2.24, 2.45) is 35.5 Å². The maximum atomic E-state index is 12.7. The maximum Gasteiger partial charge on any atom is 0.308 e. The topological polar surface area (TPSA) is 128 Å². The molecule has 1 aliphatic carbocycles. The summed E-state index contributed by atoms with van der Waals surface area (Å²) in [5, 5.41) is 40.6. The van der Waals surface area contributed by atoms with Gasteiger partial charge >= 0.3 is 11.9 Å². The SMILES string of the molecule is C[C@@H]1C[C@H](C)C[C@H](C)[C@@H](O)CC(=O)O[C@@H]([C@@H]2CCC[C@H]2C(=O)O)C/C=C/C=C(/C#N)[C@H](O)[C@@H](C)C1. The van der Waals surface area contributed by atoms with Crippen LogP contribution in [0.4, 0.5) is 0 Å². The molecule has 7 heteroatoms. The second kappa shape index (κ2) is 13.8. The Morgan fingerprint density at radius 2 is 1.71 bits per heavy atom. The van der Waals surface area contributed by atoms with Crippen molar-refractivity contribution in [2.45, 2.75) is 97.4 Å². The normalized spacial score (nSPS) is 40.9. The number of carbonyl (C=O) groups excluding carboxylic acids is 1. The van der Waals surface area contributed by atoms with Crippen LogP contribution in [0.5, 0.6) is 0 Å². The van der Waals surface area contributed by atoms with Crippen LogP contribution in [0.1, 0.15) is 79.1 Å². The summed E-state index contributed by atoms with van der Waals surface area (Å²) in [7, 11) is 0. The van der Waals surface area contributed by atoms with Crippen molar-refractivity contribution in [1.29, 1.82) is 5.26 Å². The highest BCUT2D eigenvalue weighted by molar-refractivity contribution is 5.72. The largest absolute Gasteiger partial charge is 0.481 e. The number of ether oxygens (including phenoxy) is 1. The van der Waals surface area contributed by atoms with E-state index in [9.17, 15) is 30.2 Å². The molecule has 0 saturated heterocycles. The third kappa shape index (κ3) is 8.77. The fraction of sp³-hybridized carbons (Fsp3) is 0.750. The van der Waals surface area contributed by atoms with E-state index in [4.69, 9.17) is 4.74 Å². The fourth-order valence-electron chi connectivity index (χ4n) is 5.97. The van der Waals surface area contributed by atoms with E-state index in [1.165, 1.54) is 0 Å². The van der Waals surface area contributed by atoms with Crippen LogP contribution in [0.25, 0.3) is 0 Å². The zero-order chi connectivity index (χ0) is 26.1. The number of cyclic esters (lactones) is 1. The Labute approximate surface area is 209 Å². The number of hydrogen-bond donors (Lipinski definition) is 3. The van der Waals surface area contributed by atoms with Gasteiger partial charge in [-0.3, -0.25) is 9.59 Å². The Kier molecular flexibility index (Phi) is 11.5. The molecule has 9 atom stereocenters. The Hall–Kier alpha value is -2.17. The summed E-state index contributed by atoms with van der Waals surface area (Å²) in [6.07, 6.45) is 7.33. The third-order valence-corrected chi connectivity index (χ3v) is 7.80. The van der Waals surface area contributed by atoms with E-state index in [-0.39, 0.29) is 29.7 Å². The molecule has 0 unspecified atom stereocenters. The quantitative estimate of drug-likeness (QED) is 0.482. The molecule has 0 aromatic carbocycles. The highest BCUT2D eigenvalue weighted by Gasteiger charge is 2.39. The van der Waals surface area contributed by atoms with Crippen molar-refractivity contribution in [3.63, 3.8) is 0 Å². The molecule has 196 valence electrons. The number of nitriles is 1. The van der Waals surface area contributed by atoms with Crippen molar-refractivity contribution in [2.75, 3.05) is 0 Å². The number of carbonyl (C=O) groups is 2. The van der Waals surface area contributed by atoms with Gasteiger partial charge in [0.15, 0.2) is 0 Å². The van der Waals surface area contributed by atoms with Crippen LogP contribution < -0.4 is 0 Å². The molecular formula is C28H43NO6. The summed E-state index contributed by atoms with van der Waals surface area (Å²) in [5.41, 5.74) is 0.282. The molecular weight excluding hydrogens is 446 g/mol. The standard InChI is InChI=1S/C28H43NO6/c1-17-12-18(2)14-20(4)27(32)21(16-29)8-5-6-11-25(22-9-7-10-23(22)28(33)34)35-26(31)15-24(30)19(3)13-17/h5-6,8,17-20,22-25,27,30,32H,7,9-15H2,1-4H3,(H,33,34)/b6-5+,21-8-/t17-,18+,19-,20-,22+,23+,24-,25+,27+/m0/s1. The summed E-state index contributed by atoms with van der Waals surface area (Å²) in [6, 6.07) is 2.10. The third-order valence-electron chi connectivity index (χ3n) is 7.80.